The number of carbonyl (C=O) groups excluding carboxylic acids is 1. The Bertz CT molecular complexity index is 392. The van der Waals surface area contributed by atoms with Gasteiger partial charge in [-0.15, -0.1) is 0 Å². The molecule has 0 atom stereocenters. The topological polar surface area (TPSA) is 33.2 Å². The van der Waals surface area contributed by atoms with Crippen molar-refractivity contribution in [3.63, 3.8) is 0 Å². The minimum Gasteiger partial charge on any atom is -0.332 e. The number of pyridine rings is 1. The zero-order valence-corrected chi connectivity index (χ0v) is 10.5. The number of hydrogen-bond donors (Lipinski definition) is 0. The minimum absolute atomic E-state index is 0.132. The number of nitrogens with zero attached hydrogens (tertiary/aromatic N) is 2. The first-order valence-corrected chi connectivity index (χ1v) is 6.58. The molecule has 0 saturated heterocycles. The summed E-state index contributed by atoms with van der Waals surface area (Å²) in [5.41, 5.74) is 1.69. The first-order chi connectivity index (χ1) is 7.68. The van der Waals surface area contributed by atoms with Gasteiger partial charge in [0.05, 0.1) is 17.8 Å². The van der Waals surface area contributed by atoms with E-state index in [0.717, 1.165) is 23.6 Å². The van der Waals surface area contributed by atoms with Crippen LogP contribution < -0.4 is 0 Å². The van der Waals surface area contributed by atoms with Gasteiger partial charge in [0.2, 0.25) is 0 Å². The van der Waals surface area contributed by atoms with E-state index in [4.69, 9.17) is 0 Å². The molecule has 0 N–H and O–H groups in total. The maximum absolute atomic E-state index is 11.9. The summed E-state index contributed by atoms with van der Waals surface area (Å²) < 4.78 is 0. The Balaban J connectivity index is 1.94. The van der Waals surface area contributed by atoms with Gasteiger partial charge in [-0.2, -0.15) is 11.8 Å². The summed E-state index contributed by atoms with van der Waals surface area (Å²) in [6, 6.07) is 3.68. The van der Waals surface area contributed by atoms with Crippen LogP contribution in [0.5, 0.6) is 0 Å². The van der Waals surface area contributed by atoms with Crippen LogP contribution in [0, 0.1) is 0 Å². The summed E-state index contributed by atoms with van der Waals surface area (Å²) in [6.07, 6.45) is 1.75. The summed E-state index contributed by atoms with van der Waals surface area (Å²) in [5, 5.41) is 0.623. The molecule has 16 heavy (non-hydrogen) atoms. The molecule has 0 fully saturated rings. The van der Waals surface area contributed by atoms with Gasteiger partial charge in [-0.3, -0.25) is 9.78 Å². The third kappa shape index (κ3) is 2.38. The summed E-state index contributed by atoms with van der Waals surface area (Å²) in [6.45, 7) is 5.84. The molecule has 0 unspecified atom stereocenters. The quantitative estimate of drug-likeness (QED) is 0.803. The predicted molar refractivity (Wildman–Crippen MR) is 66.6 cm³/mol. The first kappa shape index (κ1) is 11.5. The number of thioether (sulfide) groups is 1. The maximum Gasteiger partial charge on any atom is 0.256 e. The Labute approximate surface area is 100 Å². The normalized spacial score (nSPS) is 14.7. The molecule has 2 rings (SSSR count). The largest absolute Gasteiger partial charge is 0.332 e. The Morgan fingerprint density at radius 2 is 2.38 bits per heavy atom. The number of aromatic nitrogens is 1. The molecule has 0 saturated carbocycles. The summed E-state index contributed by atoms with van der Waals surface area (Å²) in [7, 11) is 0. The molecule has 0 aliphatic carbocycles. The van der Waals surface area contributed by atoms with E-state index < -0.39 is 0 Å². The lowest BCUT2D eigenvalue weighted by atomic mass is 10.2. The van der Waals surface area contributed by atoms with Crippen molar-refractivity contribution in [3.8, 4) is 0 Å². The van der Waals surface area contributed by atoms with E-state index in [2.05, 4.69) is 18.8 Å². The Morgan fingerprint density at radius 1 is 1.56 bits per heavy atom. The van der Waals surface area contributed by atoms with Crippen LogP contribution in [0.4, 0.5) is 0 Å². The highest BCUT2D eigenvalue weighted by molar-refractivity contribution is 7.99. The minimum atomic E-state index is 0.132. The van der Waals surface area contributed by atoms with Gasteiger partial charge < -0.3 is 4.90 Å². The van der Waals surface area contributed by atoms with E-state index >= 15 is 0 Å². The molecular weight excluding hydrogens is 220 g/mol. The lowest BCUT2D eigenvalue weighted by Crippen LogP contribution is -2.26. The van der Waals surface area contributed by atoms with Crippen molar-refractivity contribution in [1.29, 1.82) is 0 Å². The molecule has 0 radical (unpaired) electrons. The van der Waals surface area contributed by atoms with Gasteiger partial charge in [0.15, 0.2) is 0 Å². The van der Waals surface area contributed by atoms with Crippen LogP contribution in [-0.4, -0.2) is 33.3 Å². The van der Waals surface area contributed by atoms with Crippen LogP contribution in [0.25, 0.3) is 0 Å². The van der Waals surface area contributed by atoms with Crippen molar-refractivity contribution in [2.24, 2.45) is 0 Å². The first-order valence-electron chi connectivity index (χ1n) is 5.53. The molecule has 1 aliphatic rings. The number of amides is 1. The van der Waals surface area contributed by atoms with Crippen LogP contribution in [-0.2, 0) is 6.54 Å². The molecule has 86 valence electrons. The van der Waals surface area contributed by atoms with Gasteiger partial charge in [0.25, 0.3) is 5.91 Å². The number of fused-ring (bicyclic) bond motifs is 1. The standard InChI is InChI=1S/C12H16N2OS/c1-9(2)16-7-6-14-8-11-10(12(14)15)4-3-5-13-11/h3-5,9H,6-8H2,1-2H3. The zero-order valence-electron chi connectivity index (χ0n) is 9.64. The van der Waals surface area contributed by atoms with Crippen LogP contribution in [0.15, 0.2) is 18.3 Å². The molecule has 1 aromatic rings. The SMILES string of the molecule is CC(C)SCCN1Cc2ncccc2C1=O. The van der Waals surface area contributed by atoms with E-state index in [1.165, 1.54) is 0 Å². The third-order valence-electron chi connectivity index (χ3n) is 2.56. The van der Waals surface area contributed by atoms with E-state index in [1.54, 1.807) is 6.20 Å². The molecule has 1 aliphatic heterocycles. The van der Waals surface area contributed by atoms with Gasteiger partial charge in [-0.1, -0.05) is 13.8 Å². The van der Waals surface area contributed by atoms with Crippen molar-refractivity contribution >= 4 is 17.7 Å². The van der Waals surface area contributed by atoms with Crippen molar-refractivity contribution < 1.29 is 4.79 Å². The molecule has 0 spiro atoms. The van der Waals surface area contributed by atoms with Crippen molar-refractivity contribution in [3.05, 3.63) is 29.6 Å². The summed E-state index contributed by atoms with van der Waals surface area (Å²) in [4.78, 5) is 18.1. The van der Waals surface area contributed by atoms with E-state index in [0.29, 0.717) is 11.8 Å². The molecule has 4 heteroatoms. The van der Waals surface area contributed by atoms with Gasteiger partial charge in [-0.25, -0.2) is 0 Å². The Kier molecular flexibility index (Phi) is 3.49. The number of rotatable bonds is 4. The zero-order chi connectivity index (χ0) is 11.5. The lowest BCUT2D eigenvalue weighted by Gasteiger charge is -2.15. The molecule has 0 bridgehead atoms. The van der Waals surface area contributed by atoms with Crippen LogP contribution in [0.3, 0.4) is 0 Å². The van der Waals surface area contributed by atoms with Gasteiger partial charge in [0, 0.05) is 18.5 Å². The van der Waals surface area contributed by atoms with Crippen LogP contribution in [0.1, 0.15) is 29.9 Å². The maximum atomic E-state index is 11.9. The van der Waals surface area contributed by atoms with Crippen molar-refractivity contribution in [2.75, 3.05) is 12.3 Å². The third-order valence-corrected chi connectivity index (χ3v) is 3.65. The van der Waals surface area contributed by atoms with E-state index in [1.807, 2.05) is 28.8 Å². The number of carbonyl (C=O) groups is 1. The van der Waals surface area contributed by atoms with Gasteiger partial charge in [0.1, 0.15) is 0 Å². The molecular formula is C12H16N2OS. The Hall–Kier alpha value is -1.03. The second-order valence-electron chi connectivity index (χ2n) is 4.14. The summed E-state index contributed by atoms with van der Waals surface area (Å²) in [5.74, 6) is 1.13. The molecule has 0 aromatic carbocycles. The smallest absolute Gasteiger partial charge is 0.256 e. The highest BCUT2D eigenvalue weighted by Gasteiger charge is 2.27. The highest BCUT2D eigenvalue weighted by atomic mass is 32.2. The molecule has 3 nitrogen and oxygen atoms in total. The molecule has 1 aromatic heterocycles. The van der Waals surface area contributed by atoms with Crippen molar-refractivity contribution in [1.82, 2.24) is 9.88 Å². The fourth-order valence-electron chi connectivity index (χ4n) is 1.76. The predicted octanol–water partition coefficient (Wildman–Crippen LogP) is 2.18. The average Bonchev–Trinajstić information content (AvgIpc) is 2.56. The second kappa shape index (κ2) is 4.87. The monoisotopic (exact) mass is 236 g/mol. The van der Waals surface area contributed by atoms with E-state index in [9.17, 15) is 4.79 Å². The molecule has 1 amide bonds. The second-order valence-corrected chi connectivity index (χ2v) is 5.83. The summed E-state index contributed by atoms with van der Waals surface area (Å²) >= 11 is 1.88. The van der Waals surface area contributed by atoms with Crippen molar-refractivity contribution in [2.45, 2.75) is 25.6 Å². The fraction of sp³-hybridized carbons (Fsp3) is 0.500. The fourth-order valence-corrected chi connectivity index (χ4v) is 2.56. The van der Waals surface area contributed by atoms with E-state index in [-0.39, 0.29) is 5.91 Å². The van der Waals surface area contributed by atoms with Crippen LogP contribution >= 0.6 is 11.8 Å². The molecule has 2 heterocycles. The average molecular weight is 236 g/mol. The van der Waals surface area contributed by atoms with Gasteiger partial charge in [-0.05, 0) is 17.4 Å². The lowest BCUT2D eigenvalue weighted by molar-refractivity contribution is 0.0788. The van der Waals surface area contributed by atoms with Crippen LogP contribution in [0.2, 0.25) is 0 Å². The Morgan fingerprint density at radius 3 is 3.06 bits per heavy atom. The number of hydrogen-bond acceptors (Lipinski definition) is 3. The van der Waals surface area contributed by atoms with Gasteiger partial charge >= 0.3 is 0 Å². The highest BCUT2D eigenvalue weighted by Crippen LogP contribution is 2.20.